The van der Waals surface area contributed by atoms with Crippen molar-refractivity contribution in [1.29, 1.82) is 0 Å². The van der Waals surface area contributed by atoms with Crippen LogP contribution in [0.2, 0.25) is 0 Å². The SMILES string of the molecule is CCCCCNC(=O)c1cnc(NCCC(C)C)cn1. The molecule has 0 aliphatic heterocycles. The smallest absolute Gasteiger partial charge is 0.271 e. The first-order valence-electron chi connectivity index (χ1n) is 7.47. The summed E-state index contributed by atoms with van der Waals surface area (Å²) in [6.07, 6.45) is 7.50. The molecule has 5 heteroatoms. The quantitative estimate of drug-likeness (QED) is 0.682. The molecule has 1 aromatic heterocycles. The number of rotatable bonds is 9. The number of carbonyl (C=O) groups excluding carboxylic acids is 1. The van der Waals surface area contributed by atoms with E-state index < -0.39 is 0 Å². The maximum absolute atomic E-state index is 11.8. The average molecular weight is 278 g/mol. The zero-order valence-electron chi connectivity index (χ0n) is 12.8. The number of unbranched alkanes of at least 4 members (excludes halogenated alkanes) is 2. The van der Waals surface area contributed by atoms with E-state index in [0.29, 0.717) is 24.0 Å². The van der Waals surface area contributed by atoms with E-state index in [0.717, 1.165) is 32.2 Å². The van der Waals surface area contributed by atoms with Crippen LogP contribution in [0.25, 0.3) is 0 Å². The molecule has 20 heavy (non-hydrogen) atoms. The Morgan fingerprint density at radius 2 is 2.00 bits per heavy atom. The Labute approximate surface area is 121 Å². The summed E-state index contributed by atoms with van der Waals surface area (Å²) in [6.45, 7) is 8.06. The van der Waals surface area contributed by atoms with Crippen LogP contribution in [0.4, 0.5) is 5.82 Å². The van der Waals surface area contributed by atoms with Crippen LogP contribution < -0.4 is 10.6 Å². The van der Waals surface area contributed by atoms with Gasteiger partial charge in [0.05, 0.1) is 12.4 Å². The lowest BCUT2D eigenvalue weighted by Crippen LogP contribution is -2.25. The van der Waals surface area contributed by atoms with Gasteiger partial charge in [-0.15, -0.1) is 0 Å². The third-order valence-electron chi connectivity index (χ3n) is 2.98. The van der Waals surface area contributed by atoms with Crippen molar-refractivity contribution in [3.8, 4) is 0 Å². The van der Waals surface area contributed by atoms with Crippen molar-refractivity contribution in [2.45, 2.75) is 46.5 Å². The van der Waals surface area contributed by atoms with E-state index in [-0.39, 0.29) is 5.91 Å². The first-order chi connectivity index (χ1) is 9.63. The molecule has 2 N–H and O–H groups in total. The molecule has 0 radical (unpaired) electrons. The van der Waals surface area contributed by atoms with Crippen LogP contribution in [0.1, 0.15) is 56.9 Å². The highest BCUT2D eigenvalue weighted by molar-refractivity contribution is 5.91. The molecule has 1 rings (SSSR count). The summed E-state index contributed by atoms with van der Waals surface area (Å²) < 4.78 is 0. The van der Waals surface area contributed by atoms with Crippen molar-refractivity contribution in [1.82, 2.24) is 15.3 Å². The van der Waals surface area contributed by atoms with Crippen molar-refractivity contribution < 1.29 is 4.79 Å². The Balaban J connectivity index is 2.35. The van der Waals surface area contributed by atoms with Gasteiger partial charge in [-0.05, 0) is 18.8 Å². The topological polar surface area (TPSA) is 66.9 Å². The van der Waals surface area contributed by atoms with Gasteiger partial charge in [-0.3, -0.25) is 4.79 Å². The number of carbonyl (C=O) groups is 1. The van der Waals surface area contributed by atoms with Crippen molar-refractivity contribution >= 4 is 11.7 Å². The van der Waals surface area contributed by atoms with Gasteiger partial charge in [0.1, 0.15) is 11.5 Å². The predicted molar refractivity (Wildman–Crippen MR) is 81.8 cm³/mol. The van der Waals surface area contributed by atoms with Gasteiger partial charge in [0.15, 0.2) is 0 Å². The molecule has 0 bridgehead atoms. The molecule has 112 valence electrons. The van der Waals surface area contributed by atoms with Crippen LogP contribution in [0, 0.1) is 5.92 Å². The molecule has 1 amide bonds. The highest BCUT2D eigenvalue weighted by Crippen LogP contribution is 2.04. The number of anilines is 1. The average Bonchev–Trinajstić information content (AvgIpc) is 2.44. The number of amides is 1. The lowest BCUT2D eigenvalue weighted by Gasteiger charge is -2.08. The summed E-state index contributed by atoms with van der Waals surface area (Å²) in [5, 5.41) is 6.05. The fourth-order valence-corrected chi connectivity index (χ4v) is 1.69. The number of aromatic nitrogens is 2. The molecule has 0 aliphatic carbocycles. The van der Waals surface area contributed by atoms with Crippen LogP contribution >= 0.6 is 0 Å². The van der Waals surface area contributed by atoms with Gasteiger partial charge >= 0.3 is 0 Å². The van der Waals surface area contributed by atoms with Crippen LogP contribution in [0.3, 0.4) is 0 Å². The minimum atomic E-state index is -0.151. The van der Waals surface area contributed by atoms with Crippen molar-refractivity contribution in [2.24, 2.45) is 5.92 Å². The molecular weight excluding hydrogens is 252 g/mol. The minimum absolute atomic E-state index is 0.151. The first kappa shape index (κ1) is 16.4. The van der Waals surface area contributed by atoms with Gasteiger partial charge in [0.2, 0.25) is 0 Å². The summed E-state index contributed by atoms with van der Waals surface area (Å²) >= 11 is 0. The molecule has 0 fully saturated rings. The third kappa shape index (κ3) is 6.50. The van der Waals surface area contributed by atoms with E-state index in [1.807, 2.05) is 0 Å². The molecule has 0 saturated carbocycles. The van der Waals surface area contributed by atoms with Gasteiger partial charge in [-0.2, -0.15) is 0 Å². The molecule has 0 aromatic carbocycles. The summed E-state index contributed by atoms with van der Waals surface area (Å²) in [4.78, 5) is 20.1. The first-order valence-corrected chi connectivity index (χ1v) is 7.47. The number of hydrogen-bond acceptors (Lipinski definition) is 4. The number of hydrogen-bond donors (Lipinski definition) is 2. The molecule has 0 unspecified atom stereocenters. The fraction of sp³-hybridized carbons (Fsp3) is 0.667. The molecule has 5 nitrogen and oxygen atoms in total. The summed E-state index contributed by atoms with van der Waals surface area (Å²) in [6, 6.07) is 0. The van der Waals surface area contributed by atoms with E-state index in [4.69, 9.17) is 0 Å². The minimum Gasteiger partial charge on any atom is -0.369 e. The summed E-state index contributed by atoms with van der Waals surface area (Å²) in [7, 11) is 0. The maximum atomic E-state index is 11.8. The zero-order valence-corrected chi connectivity index (χ0v) is 12.8. The van der Waals surface area contributed by atoms with E-state index in [1.165, 1.54) is 6.20 Å². The Morgan fingerprint density at radius 3 is 2.60 bits per heavy atom. The molecule has 1 heterocycles. The summed E-state index contributed by atoms with van der Waals surface area (Å²) in [5.74, 6) is 1.22. The Bertz CT molecular complexity index is 389. The van der Waals surface area contributed by atoms with Gasteiger partial charge in [-0.25, -0.2) is 9.97 Å². The fourth-order valence-electron chi connectivity index (χ4n) is 1.69. The van der Waals surface area contributed by atoms with Gasteiger partial charge in [0, 0.05) is 13.1 Å². The lowest BCUT2D eigenvalue weighted by molar-refractivity contribution is 0.0947. The second-order valence-corrected chi connectivity index (χ2v) is 5.36. The highest BCUT2D eigenvalue weighted by atomic mass is 16.1. The number of nitrogens with one attached hydrogen (secondary N) is 2. The largest absolute Gasteiger partial charge is 0.369 e. The van der Waals surface area contributed by atoms with Gasteiger partial charge in [0.25, 0.3) is 5.91 Å². The van der Waals surface area contributed by atoms with Crippen molar-refractivity contribution in [3.05, 3.63) is 18.1 Å². The third-order valence-corrected chi connectivity index (χ3v) is 2.98. The van der Waals surface area contributed by atoms with Crippen LogP contribution in [-0.4, -0.2) is 29.0 Å². The Morgan fingerprint density at radius 1 is 1.20 bits per heavy atom. The second kappa shape index (κ2) is 9.28. The molecule has 1 aromatic rings. The van der Waals surface area contributed by atoms with Crippen LogP contribution in [-0.2, 0) is 0 Å². The van der Waals surface area contributed by atoms with Gasteiger partial charge < -0.3 is 10.6 Å². The van der Waals surface area contributed by atoms with E-state index in [1.54, 1.807) is 6.20 Å². The monoisotopic (exact) mass is 278 g/mol. The maximum Gasteiger partial charge on any atom is 0.271 e. The summed E-state index contributed by atoms with van der Waals surface area (Å²) in [5.41, 5.74) is 0.371. The van der Waals surface area contributed by atoms with Crippen molar-refractivity contribution in [2.75, 3.05) is 18.4 Å². The molecule has 0 atom stereocenters. The number of nitrogens with zero attached hydrogens (tertiary/aromatic N) is 2. The highest BCUT2D eigenvalue weighted by Gasteiger charge is 2.07. The van der Waals surface area contributed by atoms with Gasteiger partial charge in [-0.1, -0.05) is 33.6 Å². The lowest BCUT2D eigenvalue weighted by atomic mass is 10.1. The Hall–Kier alpha value is -1.65. The molecule has 0 spiro atoms. The molecule has 0 saturated heterocycles. The van der Waals surface area contributed by atoms with E-state index in [2.05, 4.69) is 41.4 Å². The molecular formula is C15H26N4O. The second-order valence-electron chi connectivity index (χ2n) is 5.36. The van der Waals surface area contributed by atoms with Crippen LogP contribution in [0.5, 0.6) is 0 Å². The standard InChI is InChI=1S/C15H26N4O/c1-4-5-6-8-17-15(20)13-10-19-14(11-18-13)16-9-7-12(2)3/h10-12H,4-9H2,1-3H3,(H,16,19)(H,17,20). The Kier molecular flexibility index (Phi) is 7.62. The normalized spacial score (nSPS) is 10.6. The van der Waals surface area contributed by atoms with Crippen molar-refractivity contribution in [3.63, 3.8) is 0 Å². The van der Waals surface area contributed by atoms with E-state index in [9.17, 15) is 4.79 Å². The van der Waals surface area contributed by atoms with Crippen LogP contribution in [0.15, 0.2) is 12.4 Å². The zero-order chi connectivity index (χ0) is 14.8. The van der Waals surface area contributed by atoms with E-state index >= 15 is 0 Å². The predicted octanol–water partition coefficient (Wildman–Crippen LogP) is 2.85. The molecule has 0 aliphatic rings.